The van der Waals surface area contributed by atoms with E-state index in [4.69, 9.17) is 0 Å². The van der Waals surface area contributed by atoms with Crippen molar-refractivity contribution in [1.82, 2.24) is 9.88 Å². The van der Waals surface area contributed by atoms with E-state index in [1.165, 1.54) is 5.56 Å². The molecule has 1 aliphatic carbocycles. The van der Waals surface area contributed by atoms with Crippen LogP contribution in [0.25, 0.3) is 0 Å². The predicted octanol–water partition coefficient (Wildman–Crippen LogP) is 3.78. The Morgan fingerprint density at radius 1 is 1.11 bits per heavy atom. The number of hydrogen-bond acceptors (Lipinski definition) is 3. The van der Waals surface area contributed by atoms with Gasteiger partial charge in [0.15, 0.2) is 0 Å². The number of likely N-dealkylation sites (tertiary alicyclic amines) is 1. The van der Waals surface area contributed by atoms with Gasteiger partial charge in [0.05, 0.1) is 0 Å². The van der Waals surface area contributed by atoms with Gasteiger partial charge in [-0.05, 0) is 49.3 Å². The number of benzene rings is 1. The average Bonchev–Trinajstić information content (AvgIpc) is 3.55. The monoisotopic (exact) mass is 363 g/mol. The molecule has 4 heteroatoms. The van der Waals surface area contributed by atoms with Gasteiger partial charge in [-0.2, -0.15) is 0 Å². The number of aromatic nitrogens is 1. The second-order valence-corrected chi connectivity index (χ2v) is 8.04. The first-order chi connectivity index (χ1) is 13.2. The lowest BCUT2D eigenvalue weighted by molar-refractivity contribution is -0.120. The van der Waals surface area contributed by atoms with Crippen LogP contribution in [0, 0.1) is 11.8 Å². The summed E-state index contributed by atoms with van der Waals surface area (Å²) in [5, 5.41) is 0. The smallest absolute Gasteiger partial charge is 0.231 e. The molecule has 1 saturated heterocycles. The molecule has 2 atom stereocenters. The first kappa shape index (κ1) is 18.2. The summed E-state index contributed by atoms with van der Waals surface area (Å²) in [6.45, 7) is 5.46. The molecular formula is C23H29N3O. The average molecular weight is 364 g/mol. The molecule has 2 heterocycles. The summed E-state index contributed by atoms with van der Waals surface area (Å²) in [6.07, 6.45) is 5.97. The number of carbonyl (C=O) groups is 1. The number of anilines is 1. The third kappa shape index (κ3) is 4.38. The van der Waals surface area contributed by atoms with Crippen LogP contribution in [0.2, 0.25) is 0 Å². The van der Waals surface area contributed by atoms with Crippen LogP contribution in [-0.2, 0) is 11.2 Å². The van der Waals surface area contributed by atoms with Crippen molar-refractivity contribution in [1.29, 1.82) is 0 Å². The molecule has 1 saturated carbocycles. The zero-order chi connectivity index (χ0) is 18.6. The van der Waals surface area contributed by atoms with E-state index in [1.54, 1.807) is 6.20 Å². The predicted molar refractivity (Wildman–Crippen MR) is 109 cm³/mol. The summed E-state index contributed by atoms with van der Waals surface area (Å²) < 4.78 is 0. The summed E-state index contributed by atoms with van der Waals surface area (Å²) in [6, 6.07) is 16.8. The molecule has 2 aromatic rings. The normalized spacial score (nSPS) is 23.1. The van der Waals surface area contributed by atoms with Crippen molar-refractivity contribution in [3.05, 3.63) is 60.3 Å². The zero-order valence-electron chi connectivity index (χ0n) is 16.1. The molecule has 27 heavy (non-hydrogen) atoms. The van der Waals surface area contributed by atoms with Gasteiger partial charge >= 0.3 is 0 Å². The topological polar surface area (TPSA) is 36.4 Å². The number of nitrogens with zero attached hydrogens (tertiary/aromatic N) is 3. The fourth-order valence-electron chi connectivity index (χ4n) is 4.21. The second-order valence-electron chi connectivity index (χ2n) is 8.04. The molecule has 0 bridgehead atoms. The van der Waals surface area contributed by atoms with Gasteiger partial charge in [0.25, 0.3) is 0 Å². The van der Waals surface area contributed by atoms with E-state index in [2.05, 4.69) is 47.1 Å². The van der Waals surface area contributed by atoms with Crippen molar-refractivity contribution in [3.8, 4) is 0 Å². The summed E-state index contributed by atoms with van der Waals surface area (Å²) in [5.41, 5.74) is 1.39. The highest BCUT2D eigenvalue weighted by molar-refractivity contribution is 5.96. The van der Waals surface area contributed by atoms with Gasteiger partial charge in [0, 0.05) is 37.8 Å². The second kappa shape index (κ2) is 8.22. The molecule has 1 amide bonds. The Balaban J connectivity index is 1.41. The van der Waals surface area contributed by atoms with Gasteiger partial charge in [0.2, 0.25) is 5.91 Å². The minimum atomic E-state index is 0.218. The van der Waals surface area contributed by atoms with E-state index in [9.17, 15) is 4.79 Å². The summed E-state index contributed by atoms with van der Waals surface area (Å²) >= 11 is 0. The fraction of sp³-hybridized carbons (Fsp3) is 0.478. The van der Waals surface area contributed by atoms with Crippen molar-refractivity contribution in [2.75, 3.05) is 24.5 Å². The number of hydrogen-bond donors (Lipinski definition) is 0. The highest BCUT2D eigenvalue weighted by Gasteiger charge is 2.40. The highest BCUT2D eigenvalue weighted by Crippen LogP contribution is 2.35. The maximum atomic E-state index is 13.0. The van der Waals surface area contributed by atoms with Crippen LogP contribution in [0.1, 0.15) is 31.7 Å². The molecule has 2 aliphatic rings. The van der Waals surface area contributed by atoms with Gasteiger partial charge < -0.3 is 4.90 Å². The molecule has 4 rings (SSSR count). The van der Waals surface area contributed by atoms with Crippen LogP contribution in [0.3, 0.4) is 0 Å². The number of carbonyl (C=O) groups excluding carboxylic acids is 1. The minimum Gasteiger partial charge on any atom is -0.303 e. The lowest BCUT2D eigenvalue weighted by Crippen LogP contribution is -2.53. The number of rotatable bonds is 6. The van der Waals surface area contributed by atoms with E-state index in [0.29, 0.717) is 5.92 Å². The Morgan fingerprint density at radius 3 is 2.56 bits per heavy atom. The van der Waals surface area contributed by atoms with E-state index >= 15 is 0 Å². The van der Waals surface area contributed by atoms with E-state index in [-0.39, 0.29) is 17.9 Å². The molecule has 0 N–H and O–H groups in total. The van der Waals surface area contributed by atoms with Crippen molar-refractivity contribution in [2.24, 2.45) is 11.8 Å². The number of piperidine rings is 1. The fourth-order valence-corrected chi connectivity index (χ4v) is 4.21. The van der Waals surface area contributed by atoms with E-state index in [1.807, 2.05) is 23.1 Å². The molecule has 4 nitrogen and oxygen atoms in total. The first-order valence-electron chi connectivity index (χ1n) is 10.2. The Hall–Kier alpha value is -2.20. The number of pyridine rings is 1. The third-order valence-electron chi connectivity index (χ3n) is 5.90. The van der Waals surface area contributed by atoms with Crippen LogP contribution in [-0.4, -0.2) is 41.5 Å². The van der Waals surface area contributed by atoms with E-state index in [0.717, 1.165) is 51.1 Å². The SMILES string of the molecule is CC1CN(CCc2ccccc2)CCC1N(C(=O)C1CC1)c1ccccn1. The van der Waals surface area contributed by atoms with Gasteiger partial charge in [0.1, 0.15) is 5.82 Å². The molecular weight excluding hydrogens is 334 g/mol. The van der Waals surface area contributed by atoms with Crippen LogP contribution in [0.5, 0.6) is 0 Å². The highest BCUT2D eigenvalue weighted by atomic mass is 16.2. The quantitative estimate of drug-likeness (QED) is 0.784. The Bertz CT molecular complexity index is 745. The molecule has 1 aliphatic heterocycles. The molecule has 2 fully saturated rings. The Morgan fingerprint density at radius 2 is 1.89 bits per heavy atom. The third-order valence-corrected chi connectivity index (χ3v) is 5.90. The van der Waals surface area contributed by atoms with Crippen molar-refractivity contribution in [3.63, 3.8) is 0 Å². The standard InChI is InChI=1S/C23H29N3O/c1-18-17-25(15-12-19-7-3-2-4-8-19)16-13-21(18)26(23(27)20-10-11-20)22-9-5-6-14-24-22/h2-9,14,18,20-21H,10-13,15-17H2,1H3. The molecule has 2 unspecified atom stereocenters. The molecule has 1 aromatic heterocycles. The molecule has 142 valence electrons. The van der Waals surface area contributed by atoms with Gasteiger partial charge in [-0.3, -0.25) is 9.69 Å². The lowest BCUT2D eigenvalue weighted by atomic mass is 9.91. The van der Waals surface area contributed by atoms with Gasteiger partial charge in [-0.15, -0.1) is 0 Å². The first-order valence-corrected chi connectivity index (χ1v) is 10.2. The molecule has 0 radical (unpaired) electrons. The maximum Gasteiger partial charge on any atom is 0.231 e. The molecule has 1 aromatic carbocycles. The van der Waals surface area contributed by atoms with Crippen LogP contribution in [0.4, 0.5) is 5.82 Å². The van der Waals surface area contributed by atoms with Gasteiger partial charge in [-0.25, -0.2) is 4.98 Å². The maximum absolute atomic E-state index is 13.0. The van der Waals surface area contributed by atoms with Crippen molar-refractivity contribution < 1.29 is 4.79 Å². The molecule has 0 spiro atoms. The van der Waals surface area contributed by atoms with Crippen LogP contribution >= 0.6 is 0 Å². The largest absolute Gasteiger partial charge is 0.303 e. The van der Waals surface area contributed by atoms with Crippen molar-refractivity contribution in [2.45, 2.75) is 38.6 Å². The van der Waals surface area contributed by atoms with Crippen LogP contribution in [0.15, 0.2) is 54.7 Å². The summed E-state index contributed by atoms with van der Waals surface area (Å²) in [7, 11) is 0. The number of amides is 1. The Kier molecular flexibility index (Phi) is 5.53. The van der Waals surface area contributed by atoms with Crippen LogP contribution < -0.4 is 4.90 Å². The lowest BCUT2D eigenvalue weighted by Gasteiger charge is -2.42. The van der Waals surface area contributed by atoms with Gasteiger partial charge in [-0.1, -0.05) is 43.3 Å². The zero-order valence-corrected chi connectivity index (χ0v) is 16.1. The summed E-state index contributed by atoms with van der Waals surface area (Å²) in [4.78, 5) is 22.1. The minimum absolute atomic E-state index is 0.218. The van der Waals surface area contributed by atoms with E-state index < -0.39 is 0 Å². The Labute approximate surface area is 162 Å². The van der Waals surface area contributed by atoms with Crippen molar-refractivity contribution >= 4 is 11.7 Å². The summed E-state index contributed by atoms with van der Waals surface area (Å²) in [5.74, 6) is 1.77.